The predicted octanol–water partition coefficient (Wildman–Crippen LogP) is 1.67. The van der Waals surface area contributed by atoms with Gasteiger partial charge < -0.3 is 5.32 Å². The SMILES string of the molecule is Cn1c2c(c(=O)[nH]c1=O)[C@H](c1cccnc1)C1=C(CC(C)(C)CC1=O)N2. The van der Waals surface area contributed by atoms with Crippen LogP contribution in [0.25, 0.3) is 0 Å². The Balaban J connectivity index is 2.05. The summed E-state index contributed by atoms with van der Waals surface area (Å²) in [7, 11) is 1.60. The number of hydrogen-bond acceptors (Lipinski definition) is 5. The smallest absolute Gasteiger partial charge is 0.329 e. The average Bonchev–Trinajstić information content (AvgIpc) is 2.57. The highest BCUT2D eigenvalue weighted by molar-refractivity contribution is 6.01. The number of allylic oxidation sites excluding steroid dienone is 2. The minimum atomic E-state index is -0.533. The molecule has 0 saturated heterocycles. The standard InChI is InChI=1S/C19H20N4O3/c1-19(2)7-11-14(12(24)8-19)13(10-5-4-6-20-9-10)15-16(21-11)23(3)18(26)22-17(15)25/h4-6,9,13,21H,7-8H2,1-3H3,(H,22,25,26)/t13-/m1/s1. The van der Waals surface area contributed by atoms with E-state index in [4.69, 9.17) is 0 Å². The van der Waals surface area contributed by atoms with Crippen molar-refractivity contribution in [2.75, 3.05) is 5.32 Å². The van der Waals surface area contributed by atoms with Crippen LogP contribution in [0.5, 0.6) is 0 Å². The minimum Gasteiger partial charge on any atom is -0.344 e. The molecule has 7 nitrogen and oxygen atoms in total. The molecule has 2 N–H and O–H groups in total. The normalized spacial score (nSPS) is 21.0. The maximum absolute atomic E-state index is 13.0. The maximum atomic E-state index is 13.0. The molecule has 0 unspecified atom stereocenters. The number of Topliss-reactive ketones (excluding diaryl/α,β-unsaturated/α-hetero) is 1. The van der Waals surface area contributed by atoms with Gasteiger partial charge in [-0.05, 0) is 23.5 Å². The summed E-state index contributed by atoms with van der Waals surface area (Å²) in [5, 5.41) is 3.22. The van der Waals surface area contributed by atoms with Crippen LogP contribution in [-0.2, 0) is 11.8 Å². The fraction of sp³-hybridized carbons (Fsp3) is 0.368. The molecule has 0 radical (unpaired) electrons. The number of carbonyl (C=O) groups excluding carboxylic acids is 1. The number of ketones is 1. The first-order chi connectivity index (χ1) is 12.3. The van der Waals surface area contributed by atoms with Gasteiger partial charge in [-0.3, -0.25) is 24.1 Å². The van der Waals surface area contributed by atoms with Crippen molar-refractivity contribution in [3.63, 3.8) is 0 Å². The lowest BCUT2D eigenvalue weighted by Gasteiger charge is -2.39. The Hall–Kier alpha value is -2.96. The molecule has 1 aliphatic heterocycles. The summed E-state index contributed by atoms with van der Waals surface area (Å²) >= 11 is 0. The van der Waals surface area contributed by atoms with E-state index in [1.807, 2.05) is 19.9 Å². The number of H-pyrrole nitrogens is 1. The number of anilines is 1. The summed E-state index contributed by atoms with van der Waals surface area (Å²) in [5.74, 6) is -0.0672. The van der Waals surface area contributed by atoms with Gasteiger partial charge in [-0.2, -0.15) is 0 Å². The summed E-state index contributed by atoms with van der Waals surface area (Å²) in [6, 6.07) is 3.64. The Bertz CT molecular complexity index is 1060. The quantitative estimate of drug-likeness (QED) is 0.814. The average molecular weight is 352 g/mol. The topological polar surface area (TPSA) is 96.8 Å². The molecule has 1 aliphatic carbocycles. The van der Waals surface area contributed by atoms with Crippen LogP contribution >= 0.6 is 0 Å². The van der Waals surface area contributed by atoms with Crippen LogP contribution in [0.4, 0.5) is 5.82 Å². The third-order valence-corrected chi connectivity index (χ3v) is 5.14. The summed E-state index contributed by atoms with van der Waals surface area (Å²) < 4.78 is 1.38. The Morgan fingerprint density at radius 1 is 1.23 bits per heavy atom. The van der Waals surface area contributed by atoms with Gasteiger partial charge in [-0.25, -0.2) is 4.79 Å². The molecule has 2 aromatic rings. The van der Waals surface area contributed by atoms with Gasteiger partial charge in [0.2, 0.25) is 0 Å². The number of hydrogen-bond donors (Lipinski definition) is 2. The molecule has 2 aromatic heterocycles. The van der Waals surface area contributed by atoms with Gasteiger partial charge in [0.1, 0.15) is 5.82 Å². The van der Waals surface area contributed by atoms with Crippen molar-refractivity contribution in [3.8, 4) is 0 Å². The second-order valence-corrected chi connectivity index (χ2v) is 7.76. The molecular formula is C19H20N4O3. The molecule has 7 heteroatoms. The first kappa shape index (κ1) is 16.5. The van der Waals surface area contributed by atoms with E-state index in [1.165, 1.54) is 4.57 Å². The van der Waals surface area contributed by atoms with Crippen LogP contribution in [0.15, 0.2) is 45.4 Å². The fourth-order valence-corrected chi connectivity index (χ4v) is 4.01. The number of carbonyl (C=O) groups is 1. The molecule has 0 saturated carbocycles. The van der Waals surface area contributed by atoms with Crippen LogP contribution in [0.2, 0.25) is 0 Å². The number of aromatic amines is 1. The molecule has 0 spiro atoms. The Kier molecular flexibility index (Phi) is 3.50. The van der Waals surface area contributed by atoms with Gasteiger partial charge >= 0.3 is 5.69 Å². The third kappa shape index (κ3) is 2.42. The molecule has 3 heterocycles. The lowest BCUT2D eigenvalue weighted by atomic mass is 9.69. The Morgan fingerprint density at radius 3 is 2.69 bits per heavy atom. The summed E-state index contributed by atoms with van der Waals surface area (Å²) in [5.41, 5.74) is 1.39. The van der Waals surface area contributed by atoms with Crippen LogP contribution in [0.3, 0.4) is 0 Å². The van der Waals surface area contributed by atoms with Crippen molar-refractivity contribution in [3.05, 3.63) is 67.8 Å². The maximum Gasteiger partial charge on any atom is 0.329 e. The molecule has 2 aliphatic rings. The first-order valence-electron chi connectivity index (χ1n) is 8.55. The second kappa shape index (κ2) is 5.52. The number of rotatable bonds is 1. The van der Waals surface area contributed by atoms with Crippen LogP contribution in [0.1, 0.15) is 43.7 Å². The van der Waals surface area contributed by atoms with Gasteiger partial charge in [0.25, 0.3) is 5.56 Å². The zero-order valence-electron chi connectivity index (χ0n) is 14.9. The largest absolute Gasteiger partial charge is 0.344 e. The highest BCUT2D eigenvalue weighted by Crippen LogP contribution is 2.47. The Labute approximate surface area is 149 Å². The summed E-state index contributed by atoms with van der Waals surface area (Å²) in [6.07, 6.45) is 4.41. The van der Waals surface area contributed by atoms with Crippen molar-refractivity contribution >= 4 is 11.6 Å². The van der Waals surface area contributed by atoms with E-state index in [9.17, 15) is 14.4 Å². The van der Waals surface area contributed by atoms with Crippen LogP contribution < -0.4 is 16.6 Å². The fourth-order valence-electron chi connectivity index (χ4n) is 4.01. The summed E-state index contributed by atoms with van der Waals surface area (Å²) in [6.45, 7) is 4.09. The zero-order chi connectivity index (χ0) is 18.6. The number of aromatic nitrogens is 3. The number of fused-ring (bicyclic) bond motifs is 1. The summed E-state index contributed by atoms with van der Waals surface area (Å²) in [4.78, 5) is 44.3. The van der Waals surface area contributed by atoms with E-state index in [2.05, 4.69) is 15.3 Å². The molecule has 134 valence electrons. The molecular weight excluding hydrogens is 332 g/mol. The van der Waals surface area contributed by atoms with Gasteiger partial charge in [-0.15, -0.1) is 0 Å². The molecule has 0 fully saturated rings. The van der Waals surface area contributed by atoms with E-state index < -0.39 is 17.2 Å². The van der Waals surface area contributed by atoms with E-state index in [0.29, 0.717) is 29.8 Å². The second-order valence-electron chi connectivity index (χ2n) is 7.76. The Morgan fingerprint density at radius 2 is 2.00 bits per heavy atom. The van der Waals surface area contributed by atoms with Crippen LogP contribution in [0, 0.1) is 5.41 Å². The van der Waals surface area contributed by atoms with Crippen molar-refractivity contribution in [2.45, 2.75) is 32.6 Å². The molecule has 1 atom stereocenters. The molecule has 26 heavy (non-hydrogen) atoms. The van der Waals surface area contributed by atoms with Gasteiger partial charge in [-0.1, -0.05) is 19.9 Å². The highest BCUT2D eigenvalue weighted by Gasteiger charge is 2.42. The number of nitrogens with zero attached hydrogens (tertiary/aromatic N) is 2. The molecule has 0 aromatic carbocycles. The minimum absolute atomic E-state index is 0.0245. The van der Waals surface area contributed by atoms with E-state index in [0.717, 1.165) is 11.3 Å². The first-order valence-corrected chi connectivity index (χ1v) is 8.55. The van der Waals surface area contributed by atoms with Crippen molar-refractivity contribution < 1.29 is 4.79 Å². The molecule has 0 bridgehead atoms. The lowest BCUT2D eigenvalue weighted by molar-refractivity contribution is -0.118. The number of pyridine rings is 1. The molecule has 0 amide bonds. The predicted molar refractivity (Wildman–Crippen MR) is 97.1 cm³/mol. The van der Waals surface area contributed by atoms with Crippen molar-refractivity contribution in [1.29, 1.82) is 0 Å². The third-order valence-electron chi connectivity index (χ3n) is 5.14. The zero-order valence-corrected chi connectivity index (χ0v) is 14.9. The van der Waals surface area contributed by atoms with Crippen molar-refractivity contribution in [1.82, 2.24) is 14.5 Å². The highest BCUT2D eigenvalue weighted by atomic mass is 16.2. The molecule has 4 rings (SSSR count). The van der Waals surface area contributed by atoms with E-state index >= 15 is 0 Å². The van der Waals surface area contributed by atoms with Crippen molar-refractivity contribution in [2.24, 2.45) is 12.5 Å². The van der Waals surface area contributed by atoms with Gasteiger partial charge in [0.15, 0.2) is 5.78 Å². The monoisotopic (exact) mass is 352 g/mol. The van der Waals surface area contributed by atoms with Gasteiger partial charge in [0.05, 0.1) is 5.56 Å². The van der Waals surface area contributed by atoms with Crippen LogP contribution in [-0.4, -0.2) is 20.3 Å². The van der Waals surface area contributed by atoms with E-state index in [1.54, 1.807) is 25.5 Å². The van der Waals surface area contributed by atoms with E-state index in [-0.39, 0.29) is 11.2 Å². The lowest BCUT2D eigenvalue weighted by Crippen LogP contribution is -2.41. The number of nitrogens with one attached hydrogen (secondary N) is 2. The van der Waals surface area contributed by atoms with Gasteiger partial charge in [0, 0.05) is 43.1 Å².